The maximum atomic E-state index is 11.9. The molecule has 6 nitrogen and oxygen atoms in total. The van der Waals surface area contributed by atoms with Gasteiger partial charge in [0.25, 0.3) is 5.91 Å². The van der Waals surface area contributed by atoms with Gasteiger partial charge < -0.3 is 15.5 Å². The van der Waals surface area contributed by atoms with Gasteiger partial charge in [-0.15, -0.1) is 0 Å². The van der Waals surface area contributed by atoms with Crippen LogP contribution in [0.25, 0.3) is 0 Å². The van der Waals surface area contributed by atoms with Gasteiger partial charge in [0, 0.05) is 12.0 Å². The number of benzene rings is 1. The molecule has 1 aromatic rings. The molecular weight excluding hydrogens is 250 g/mol. The SMILES string of the molecule is Cc1ccccc1C(=O)NC(CCC(=O)O)C(=O)O. The highest BCUT2D eigenvalue weighted by Gasteiger charge is 2.22. The fraction of sp³-hybridized carbons (Fsp3) is 0.308. The van der Waals surface area contributed by atoms with Crippen molar-refractivity contribution in [1.29, 1.82) is 0 Å². The standard InChI is InChI=1S/C13H15NO5/c1-8-4-2-3-5-9(8)12(17)14-10(13(18)19)6-7-11(15)16/h2-5,10H,6-7H2,1H3,(H,14,17)(H,15,16)(H,18,19). The molecule has 1 aromatic carbocycles. The van der Waals surface area contributed by atoms with E-state index >= 15 is 0 Å². The third kappa shape index (κ3) is 4.42. The van der Waals surface area contributed by atoms with Crippen LogP contribution in [0.3, 0.4) is 0 Å². The van der Waals surface area contributed by atoms with Gasteiger partial charge in [0.2, 0.25) is 0 Å². The maximum absolute atomic E-state index is 11.9. The second kappa shape index (κ2) is 6.53. The highest BCUT2D eigenvalue weighted by Crippen LogP contribution is 2.08. The molecule has 0 aromatic heterocycles. The van der Waals surface area contributed by atoms with Crippen LogP contribution in [0.2, 0.25) is 0 Å². The molecule has 0 bridgehead atoms. The summed E-state index contributed by atoms with van der Waals surface area (Å²) >= 11 is 0. The van der Waals surface area contributed by atoms with Crippen molar-refractivity contribution < 1.29 is 24.6 Å². The molecule has 6 heteroatoms. The zero-order valence-corrected chi connectivity index (χ0v) is 10.4. The van der Waals surface area contributed by atoms with E-state index in [1.807, 2.05) is 0 Å². The summed E-state index contributed by atoms with van der Waals surface area (Å²) in [6, 6.07) is 5.56. The average molecular weight is 265 g/mol. The average Bonchev–Trinajstić information content (AvgIpc) is 2.34. The minimum atomic E-state index is -1.25. The van der Waals surface area contributed by atoms with Crippen LogP contribution >= 0.6 is 0 Å². The Morgan fingerprint density at radius 3 is 2.37 bits per heavy atom. The highest BCUT2D eigenvalue weighted by atomic mass is 16.4. The molecule has 0 fully saturated rings. The normalized spacial score (nSPS) is 11.6. The van der Waals surface area contributed by atoms with Gasteiger partial charge in [0.1, 0.15) is 6.04 Å². The van der Waals surface area contributed by atoms with Crippen molar-refractivity contribution in [2.45, 2.75) is 25.8 Å². The summed E-state index contributed by atoms with van der Waals surface area (Å²) in [5.74, 6) is -2.87. The molecule has 0 saturated heterocycles. The molecule has 0 aliphatic rings. The van der Waals surface area contributed by atoms with Crippen LogP contribution in [-0.4, -0.2) is 34.1 Å². The first-order valence-corrected chi connectivity index (χ1v) is 5.73. The largest absolute Gasteiger partial charge is 0.481 e. The van der Waals surface area contributed by atoms with E-state index in [0.29, 0.717) is 5.56 Å². The summed E-state index contributed by atoms with van der Waals surface area (Å²) in [5, 5.41) is 19.8. The molecule has 1 atom stereocenters. The molecular formula is C13H15NO5. The fourth-order valence-electron chi connectivity index (χ4n) is 1.59. The van der Waals surface area contributed by atoms with E-state index in [2.05, 4.69) is 5.32 Å². The minimum absolute atomic E-state index is 0.151. The van der Waals surface area contributed by atoms with Crippen LogP contribution in [0.15, 0.2) is 24.3 Å². The van der Waals surface area contributed by atoms with Crippen molar-refractivity contribution in [1.82, 2.24) is 5.32 Å². The summed E-state index contributed by atoms with van der Waals surface area (Å²) in [7, 11) is 0. The number of carboxylic acid groups (broad SMARTS) is 2. The van der Waals surface area contributed by atoms with Gasteiger partial charge in [-0.25, -0.2) is 4.79 Å². The second-order valence-electron chi connectivity index (χ2n) is 4.11. The first-order chi connectivity index (χ1) is 8.91. The molecule has 0 aliphatic carbocycles. The lowest BCUT2D eigenvalue weighted by Crippen LogP contribution is -2.41. The monoisotopic (exact) mass is 265 g/mol. The predicted molar refractivity (Wildman–Crippen MR) is 66.9 cm³/mol. The summed E-state index contributed by atoms with van der Waals surface area (Å²) in [6.07, 6.45) is -0.465. The van der Waals surface area contributed by atoms with E-state index in [-0.39, 0.29) is 12.8 Å². The smallest absolute Gasteiger partial charge is 0.326 e. The maximum Gasteiger partial charge on any atom is 0.326 e. The fourth-order valence-corrected chi connectivity index (χ4v) is 1.59. The number of carbonyl (C=O) groups is 3. The number of rotatable bonds is 6. The van der Waals surface area contributed by atoms with Gasteiger partial charge in [0.15, 0.2) is 0 Å². The lowest BCUT2D eigenvalue weighted by Gasteiger charge is -2.14. The molecule has 0 heterocycles. The van der Waals surface area contributed by atoms with E-state index in [1.54, 1.807) is 31.2 Å². The predicted octanol–water partition coefficient (Wildman–Crippen LogP) is 1.04. The van der Waals surface area contributed by atoms with E-state index in [0.717, 1.165) is 5.56 Å². The number of carbonyl (C=O) groups excluding carboxylic acids is 1. The van der Waals surface area contributed by atoms with Crippen LogP contribution in [0.4, 0.5) is 0 Å². The summed E-state index contributed by atoms with van der Waals surface area (Å²) < 4.78 is 0. The highest BCUT2D eigenvalue weighted by molar-refractivity contribution is 5.97. The molecule has 0 aliphatic heterocycles. The zero-order chi connectivity index (χ0) is 14.4. The lowest BCUT2D eigenvalue weighted by atomic mass is 10.1. The van der Waals surface area contributed by atoms with Crippen molar-refractivity contribution in [3.63, 3.8) is 0 Å². The van der Waals surface area contributed by atoms with Gasteiger partial charge in [-0.05, 0) is 25.0 Å². The van der Waals surface area contributed by atoms with Gasteiger partial charge in [-0.3, -0.25) is 9.59 Å². The Hall–Kier alpha value is -2.37. The summed E-state index contributed by atoms with van der Waals surface area (Å²) in [4.78, 5) is 33.3. The summed E-state index contributed by atoms with van der Waals surface area (Å²) in [5.41, 5.74) is 1.10. The van der Waals surface area contributed by atoms with Gasteiger partial charge >= 0.3 is 11.9 Å². The number of hydrogen-bond donors (Lipinski definition) is 3. The number of carboxylic acids is 2. The Balaban J connectivity index is 2.74. The topological polar surface area (TPSA) is 104 Å². The Morgan fingerprint density at radius 1 is 1.21 bits per heavy atom. The Bertz CT molecular complexity index is 498. The van der Waals surface area contributed by atoms with E-state index in [9.17, 15) is 14.4 Å². The Morgan fingerprint density at radius 2 is 1.84 bits per heavy atom. The third-order valence-corrected chi connectivity index (χ3v) is 2.64. The van der Waals surface area contributed by atoms with Crippen LogP contribution < -0.4 is 5.32 Å². The van der Waals surface area contributed by atoms with Crippen molar-refractivity contribution in [2.75, 3.05) is 0 Å². The Kier molecular flexibility index (Phi) is 5.05. The molecule has 102 valence electrons. The first-order valence-electron chi connectivity index (χ1n) is 5.73. The van der Waals surface area contributed by atoms with E-state index in [1.165, 1.54) is 0 Å². The molecule has 1 amide bonds. The number of aryl methyl sites for hydroxylation is 1. The van der Waals surface area contributed by atoms with E-state index in [4.69, 9.17) is 10.2 Å². The van der Waals surface area contributed by atoms with Gasteiger partial charge in [-0.1, -0.05) is 18.2 Å². The quantitative estimate of drug-likeness (QED) is 0.713. The first kappa shape index (κ1) is 14.7. The minimum Gasteiger partial charge on any atom is -0.481 e. The zero-order valence-electron chi connectivity index (χ0n) is 10.4. The van der Waals surface area contributed by atoms with E-state index < -0.39 is 23.9 Å². The Labute approximate surface area is 110 Å². The van der Waals surface area contributed by atoms with Crippen LogP contribution in [0.1, 0.15) is 28.8 Å². The second-order valence-corrected chi connectivity index (χ2v) is 4.11. The number of aliphatic carboxylic acids is 2. The number of hydrogen-bond acceptors (Lipinski definition) is 3. The molecule has 0 saturated carbocycles. The van der Waals surface area contributed by atoms with Crippen molar-refractivity contribution in [3.05, 3.63) is 35.4 Å². The van der Waals surface area contributed by atoms with Crippen LogP contribution in [0.5, 0.6) is 0 Å². The molecule has 1 rings (SSSR count). The molecule has 19 heavy (non-hydrogen) atoms. The van der Waals surface area contributed by atoms with Crippen LogP contribution in [-0.2, 0) is 9.59 Å². The lowest BCUT2D eigenvalue weighted by molar-refractivity contribution is -0.140. The molecule has 1 unspecified atom stereocenters. The van der Waals surface area contributed by atoms with Gasteiger partial charge in [-0.2, -0.15) is 0 Å². The summed E-state index contributed by atoms with van der Waals surface area (Å²) in [6.45, 7) is 1.74. The molecule has 3 N–H and O–H groups in total. The van der Waals surface area contributed by atoms with Crippen molar-refractivity contribution in [3.8, 4) is 0 Å². The molecule has 0 spiro atoms. The van der Waals surface area contributed by atoms with Crippen LogP contribution in [0, 0.1) is 6.92 Å². The number of nitrogens with one attached hydrogen (secondary N) is 1. The van der Waals surface area contributed by atoms with Crippen molar-refractivity contribution >= 4 is 17.8 Å². The third-order valence-electron chi connectivity index (χ3n) is 2.64. The number of amides is 1. The van der Waals surface area contributed by atoms with Crippen molar-refractivity contribution in [2.24, 2.45) is 0 Å². The molecule has 0 radical (unpaired) electrons. The van der Waals surface area contributed by atoms with Gasteiger partial charge in [0.05, 0.1) is 0 Å².